The first-order valence-corrected chi connectivity index (χ1v) is 11.9. The van der Waals surface area contributed by atoms with E-state index in [-0.39, 0.29) is 4.90 Å². The highest BCUT2D eigenvalue weighted by atomic mass is 32.2. The van der Waals surface area contributed by atoms with Gasteiger partial charge in [-0.05, 0) is 36.2 Å². The van der Waals surface area contributed by atoms with Gasteiger partial charge in [0.15, 0.2) is 14.6 Å². The van der Waals surface area contributed by atoms with Crippen LogP contribution in [0.1, 0.15) is 18.4 Å². The lowest BCUT2D eigenvalue weighted by Gasteiger charge is -2.36. The number of hydrogen-bond acceptors (Lipinski definition) is 7. The van der Waals surface area contributed by atoms with E-state index in [1.165, 1.54) is 30.2 Å². The lowest BCUT2D eigenvalue weighted by atomic mass is 9.94. The molecule has 164 valence electrons. The zero-order valence-corrected chi connectivity index (χ0v) is 18.4. The van der Waals surface area contributed by atoms with Crippen LogP contribution < -0.4 is 5.48 Å². The SMILES string of the molecule is CN1C(=O)CC(C(=O)NO)(S(=O)(=O)c2ccc(SCCc3ccccc3)cc2)CC1=O. The molecule has 3 amide bonds. The van der Waals surface area contributed by atoms with Crippen LogP contribution in [0, 0.1) is 0 Å². The molecule has 8 nitrogen and oxygen atoms in total. The summed E-state index contributed by atoms with van der Waals surface area (Å²) in [7, 11) is -3.23. The molecular formula is C21H22N2O6S2. The molecule has 0 radical (unpaired) electrons. The summed E-state index contributed by atoms with van der Waals surface area (Å²) in [6.45, 7) is 0. The third-order valence-electron chi connectivity index (χ3n) is 5.29. The summed E-state index contributed by atoms with van der Waals surface area (Å²) >= 11 is 1.55. The molecule has 2 N–H and O–H groups in total. The van der Waals surface area contributed by atoms with Crippen LogP contribution in [-0.4, -0.2) is 53.8 Å². The Morgan fingerprint density at radius 1 is 1.06 bits per heavy atom. The minimum atomic E-state index is -4.45. The van der Waals surface area contributed by atoms with Crippen molar-refractivity contribution in [1.29, 1.82) is 0 Å². The Hall–Kier alpha value is -2.69. The number of hydroxylamine groups is 1. The Morgan fingerprint density at radius 2 is 1.65 bits per heavy atom. The molecule has 1 aliphatic heterocycles. The summed E-state index contributed by atoms with van der Waals surface area (Å²) < 4.78 is 24.2. The second-order valence-corrected chi connectivity index (χ2v) is 10.6. The van der Waals surface area contributed by atoms with Crippen molar-refractivity contribution in [2.45, 2.75) is 33.8 Å². The lowest BCUT2D eigenvalue weighted by Crippen LogP contribution is -2.60. The molecule has 1 fully saturated rings. The number of rotatable bonds is 7. The predicted octanol–water partition coefficient (Wildman–Crippen LogP) is 1.82. The van der Waals surface area contributed by atoms with Gasteiger partial charge in [-0.1, -0.05) is 30.3 Å². The number of carbonyl (C=O) groups excluding carboxylic acids is 3. The third-order valence-corrected chi connectivity index (χ3v) is 8.70. The van der Waals surface area contributed by atoms with E-state index in [1.807, 2.05) is 30.3 Å². The van der Waals surface area contributed by atoms with Crippen LogP contribution in [0.4, 0.5) is 0 Å². The first kappa shape index (κ1) is 23.0. The van der Waals surface area contributed by atoms with Gasteiger partial charge in [0.2, 0.25) is 11.8 Å². The number of benzene rings is 2. The number of amides is 3. The molecule has 31 heavy (non-hydrogen) atoms. The molecule has 1 aliphatic rings. The van der Waals surface area contributed by atoms with Gasteiger partial charge in [-0.2, -0.15) is 0 Å². The highest BCUT2D eigenvalue weighted by Crippen LogP contribution is 2.37. The fraction of sp³-hybridized carbons (Fsp3) is 0.286. The highest BCUT2D eigenvalue weighted by molar-refractivity contribution is 7.99. The van der Waals surface area contributed by atoms with E-state index in [0.29, 0.717) is 0 Å². The number of piperidine rings is 1. The Kier molecular flexibility index (Phi) is 6.83. The summed E-state index contributed by atoms with van der Waals surface area (Å²) in [4.78, 5) is 38.2. The summed E-state index contributed by atoms with van der Waals surface area (Å²) in [5.41, 5.74) is 2.51. The van der Waals surface area contributed by atoms with E-state index >= 15 is 0 Å². The largest absolute Gasteiger partial charge is 0.289 e. The second-order valence-electron chi connectivity index (χ2n) is 7.19. The van der Waals surface area contributed by atoms with Gasteiger partial charge in [0, 0.05) is 17.7 Å². The van der Waals surface area contributed by atoms with E-state index in [4.69, 9.17) is 5.21 Å². The minimum Gasteiger partial charge on any atom is -0.289 e. The maximum absolute atomic E-state index is 13.3. The van der Waals surface area contributed by atoms with Gasteiger partial charge in [-0.15, -0.1) is 11.8 Å². The molecule has 0 saturated carbocycles. The van der Waals surface area contributed by atoms with Crippen molar-refractivity contribution in [3.8, 4) is 0 Å². The number of thioether (sulfide) groups is 1. The number of likely N-dealkylation sites (tertiary alicyclic amines) is 1. The van der Waals surface area contributed by atoms with Gasteiger partial charge in [0.05, 0.1) is 17.7 Å². The van der Waals surface area contributed by atoms with E-state index < -0.39 is 45.1 Å². The monoisotopic (exact) mass is 462 g/mol. The zero-order chi connectivity index (χ0) is 22.6. The minimum absolute atomic E-state index is 0.200. The number of imide groups is 1. The van der Waals surface area contributed by atoms with Gasteiger partial charge >= 0.3 is 0 Å². The number of hydrogen-bond donors (Lipinski definition) is 2. The third kappa shape index (κ3) is 4.51. The van der Waals surface area contributed by atoms with E-state index in [2.05, 4.69) is 0 Å². The molecule has 0 unspecified atom stereocenters. The Bertz CT molecular complexity index is 1070. The summed E-state index contributed by atoms with van der Waals surface area (Å²) in [6, 6.07) is 15.9. The Balaban J connectivity index is 1.81. The second kappa shape index (κ2) is 9.21. The summed E-state index contributed by atoms with van der Waals surface area (Å²) in [5, 5.41) is 9.13. The molecule has 2 aromatic rings. The van der Waals surface area contributed by atoms with Crippen LogP contribution in [0.15, 0.2) is 64.4 Å². The van der Waals surface area contributed by atoms with Crippen molar-refractivity contribution in [3.05, 3.63) is 60.2 Å². The molecule has 0 bridgehead atoms. The van der Waals surface area contributed by atoms with Gasteiger partial charge in [-0.3, -0.25) is 24.5 Å². The van der Waals surface area contributed by atoms with Crippen LogP contribution >= 0.6 is 11.8 Å². The van der Waals surface area contributed by atoms with Gasteiger partial charge in [-0.25, -0.2) is 13.9 Å². The number of nitrogens with one attached hydrogen (secondary N) is 1. The van der Waals surface area contributed by atoms with E-state index in [1.54, 1.807) is 23.9 Å². The quantitative estimate of drug-likeness (QED) is 0.279. The predicted molar refractivity (Wildman–Crippen MR) is 114 cm³/mol. The number of sulfone groups is 1. The molecule has 2 aromatic carbocycles. The molecule has 0 aliphatic carbocycles. The van der Waals surface area contributed by atoms with Crippen LogP contribution in [0.25, 0.3) is 0 Å². The molecule has 1 saturated heterocycles. The number of nitrogens with zero attached hydrogens (tertiary/aromatic N) is 1. The fourth-order valence-electron chi connectivity index (χ4n) is 3.37. The van der Waals surface area contributed by atoms with Gasteiger partial charge < -0.3 is 0 Å². The number of aryl methyl sites for hydroxylation is 1. The molecule has 0 aromatic heterocycles. The van der Waals surface area contributed by atoms with E-state index in [0.717, 1.165) is 22.0 Å². The Labute approximate surface area is 184 Å². The normalized spacial score (nSPS) is 16.3. The molecule has 3 rings (SSSR count). The summed E-state index contributed by atoms with van der Waals surface area (Å²) in [5.74, 6) is -2.13. The smallest absolute Gasteiger partial charge is 0.266 e. The highest BCUT2D eigenvalue weighted by Gasteiger charge is 2.57. The van der Waals surface area contributed by atoms with Crippen LogP contribution in [0.2, 0.25) is 0 Å². The van der Waals surface area contributed by atoms with E-state index in [9.17, 15) is 22.8 Å². The van der Waals surface area contributed by atoms with Crippen LogP contribution in [0.5, 0.6) is 0 Å². The fourth-order valence-corrected chi connectivity index (χ4v) is 6.14. The maximum Gasteiger partial charge on any atom is 0.266 e. The maximum atomic E-state index is 13.3. The molecular weight excluding hydrogens is 440 g/mol. The van der Waals surface area contributed by atoms with Crippen molar-refractivity contribution >= 4 is 39.3 Å². The lowest BCUT2D eigenvalue weighted by molar-refractivity contribution is -0.151. The van der Waals surface area contributed by atoms with Crippen molar-refractivity contribution in [2.24, 2.45) is 0 Å². The Morgan fingerprint density at radius 3 is 2.19 bits per heavy atom. The van der Waals surface area contributed by atoms with Crippen molar-refractivity contribution in [2.75, 3.05) is 12.8 Å². The van der Waals surface area contributed by atoms with Gasteiger partial charge in [0.25, 0.3) is 5.91 Å². The molecule has 0 spiro atoms. The molecule has 0 atom stereocenters. The van der Waals surface area contributed by atoms with Crippen molar-refractivity contribution < 1.29 is 28.0 Å². The average Bonchev–Trinajstić information content (AvgIpc) is 2.77. The summed E-state index contributed by atoms with van der Waals surface area (Å²) in [6.07, 6.45) is -0.627. The van der Waals surface area contributed by atoms with Crippen molar-refractivity contribution in [1.82, 2.24) is 10.4 Å². The molecule has 1 heterocycles. The zero-order valence-electron chi connectivity index (χ0n) is 16.8. The van der Waals surface area contributed by atoms with Crippen molar-refractivity contribution in [3.63, 3.8) is 0 Å². The van der Waals surface area contributed by atoms with Gasteiger partial charge in [0.1, 0.15) is 0 Å². The van der Waals surface area contributed by atoms with Crippen LogP contribution in [0.3, 0.4) is 0 Å². The average molecular weight is 463 g/mol. The topological polar surface area (TPSA) is 121 Å². The first-order valence-electron chi connectivity index (χ1n) is 9.46. The molecule has 10 heteroatoms. The first-order chi connectivity index (χ1) is 14.7. The van der Waals surface area contributed by atoms with Crippen LogP contribution in [-0.2, 0) is 30.6 Å². The number of carbonyl (C=O) groups is 3. The standard InChI is InChI=1S/C21H22N2O6S2/c1-23-18(24)13-21(14-19(23)25,20(26)22-27)31(28,29)17-9-7-16(8-10-17)30-12-11-15-5-3-2-4-6-15/h2-10,27H,11-14H2,1H3,(H,22,26).